The summed E-state index contributed by atoms with van der Waals surface area (Å²) in [5.74, 6) is 1.44. The van der Waals surface area contributed by atoms with Gasteiger partial charge in [0.2, 0.25) is 0 Å². The van der Waals surface area contributed by atoms with Crippen LogP contribution in [0.25, 0.3) is 10.9 Å². The molecule has 1 amide bonds. The molecule has 0 aliphatic carbocycles. The smallest absolute Gasteiger partial charge is 0.270 e. The molecule has 0 radical (unpaired) electrons. The molecule has 1 aliphatic rings. The van der Waals surface area contributed by atoms with Crippen LogP contribution in [-0.4, -0.2) is 35.0 Å². The lowest BCUT2D eigenvalue weighted by Crippen LogP contribution is -2.65. The summed E-state index contributed by atoms with van der Waals surface area (Å²) in [6, 6.07) is 7.69. The van der Waals surface area contributed by atoms with Crippen molar-refractivity contribution in [3.8, 4) is 5.75 Å². The van der Waals surface area contributed by atoms with Gasteiger partial charge >= 0.3 is 0 Å². The highest BCUT2D eigenvalue weighted by Crippen LogP contribution is 2.39. The van der Waals surface area contributed by atoms with Gasteiger partial charge < -0.3 is 14.6 Å². The van der Waals surface area contributed by atoms with Crippen molar-refractivity contribution >= 4 is 16.8 Å². The molecule has 1 aromatic carbocycles. The molecule has 2 aromatic rings. The Kier molecular flexibility index (Phi) is 3.19. The summed E-state index contributed by atoms with van der Waals surface area (Å²) in [7, 11) is 1.65. The lowest BCUT2D eigenvalue weighted by Gasteiger charge is -2.55. The highest BCUT2D eigenvalue weighted by Gasteiger charge is 2.47. The van der Waals surface area contributed by atoms with Crippen molar-refractivity contribution in [3.63, 3.8) is 0 Å². The van der Waals surface area contributed by atoms with Crippen LogP contribution >= 0.6 is 0 Å². The molecule has 4 nitrogen and oxygen atoms in total. The van der Waals surface area contributed by atoms with Gasteiger partial charge in [-0.15, -0.1) is 0 Å². The molecular weight excluding hydrogens is 264 g/mol. The topological polar surface area (TPSA) is 45.3 Å². The van der Waals surface area contributed by atoms with E-state index in [0.29, 0.717) is 11.6 Å². The summed E-state index contributed by atoms with van der Waals surface area (Å²) in [5, 5.41) is 0.953. The molecule has 4 heteroatoms. The molecule has 0 saturated carbocycles. The van der Waals surface area contributed by atoms with Crippen LogP contribution in [0.3, 0.4) is 0 Å². The van der Waals surface area contributed by atoms with E-state index in [1.54, 1.807) is 7.11 Å². The number of hydrogen-bond acceptors (Lipinski definition) is 2. The van der Waals surface area contributed by atoms with Gasteiger partial charge in [-0.1, -0.05) is 13.0 Å². The molecular formula is C17H22N2O2. The van der Waals surface area contributed by atoms with Crippen LogP contribution in [0.2, 0.25) is 0 Å². The Labute approximate surface area is 125 Å². The van der Waals surface area contributed by atoms with E-state index in [0.717, 1.165) is 29.6 Å². The molecule has 1 unspecified atom stereocenters. The molecule has 1 atom stereocenters. The third-order valence-electron chi connectivity index (χ3n) is 4.91. The molecule has 0 spiro atoms. The Balaban J connectivity index is 1.93. The fraction of sp³-hybridized carbons (Fsp3) is 0.471. The molecule has 3 rings (SSSR count). The normalized spacial score (nSPS) is 20.4. The average Bonchev–Trinajstić information content (AvgIpc) is 2.90. The maximum atomic E-state index is 12.7. The molecule has 1 saturated heterocycles. The van der Waals surface area contributed by atoms with Crippen molar-refractivity contribution in [1.29, 1.82) is 0 Å². The third kappa shape index (κ3) is 2.01. The van der Waals surface area contributed by atoms with E-state index in [1.807, 2.05) is 29.2 Å². The second-order valence-electron chi connectivity index (χ2n) is 6.28. The fourth-order valence-corrected chi connectivity index (χ4v) is 3.33. The zero-order valence-corrected chi connectivity index (χ0v) is 13.1. The van der Waals surface area contributed by atoms with Gasteiger partial charge in [-0.05, 0) is 44.4 Å². The number of fused-ring (bicyclic) bond motifs is 1. The predicted octanol–water partition coefficient (Wildman–Crippen LogP) is 3.44. The van der Waals surface area contributed by atoms with E-state index in [9.17, 15) is 4.79 Å². The number of H-pyrrole nitrogens is 1. The molecule has 0 bridgehead atoms. The monoisotopic (exact) mass is 286 g/mol. The zero-order valence-electron chi connectivity index (χ0n) is 13.1. The van der Waals surface area contributed by atoms with Gasteiger partial charge in [0, 0.05) is 23.0 Å². The first-order valence-corrected chi connectivity index (χ1v) is 7.46. The number of aromatic nitrogens is 1. The number of aromatic amines is 1. The summed E-state index contributed by atoms with van der Waals surface area (Å²) in [5.41, 5.74) is 1.51. The first-order valence-electron chi connectivity index (χ1n) is 7.46. The first kappa shape index (κ1) is 14.0. The van der Waals surface area contributed by atoms with E-state index in [1.165, 1.54) is 0 Å². The van der Waals surface area contributed by atoms with Crippen LogP contribution < -0.4 is 4.74 Å². The van der Waals surface area contributed by atoms with Crippen LogP contribution in [0.5, 0.6) is 5.75 Å². The summed E-state index contributed by atoms with van der Waals surface area (Å²) in [4.78, 5) is 17.9. The number of carbonyl (C=O) groups excluding carboxylic acids is 1. The minimum Gasteiger partial charge on any atom is -0.496 e. The molecule has 2 heterocycles. The third-order valence-corrected chi connectivity index (χ3v) is 4.91. The minimum atomic E-state index is -0.0623. The number of nitrogens with zero attached hydrogens (tertiary/aromatic N) is 1. The highest BCUT2D eigenvalue weighted by molar-refractivity contribution is 6.00. The lowest BCUT2D eigenvalue weighted by atomic mass is 9.75. The van der Waals surface area contributed by atoms with Gasteiger partial charge in [-0.2, -0.15) is 0 Å². The number of benzene rings is 1. The molecule has 1 aliphatic heterocycles. The van der Waals surface area contributed by atoms with Crippen molar-refractivity contribution < 1.29 is 9.53 Å². The second-order valence-corrected chi connectivity index (χ2v) is 6.28. The Morgan fingerprint density at radius 1 is 1.48 bits per heavy atom. The van der Waals surface area contributed by atoms with Crippen LogP contribution in [0.15, 0.2) is 24.3 Å². The quantitative estimate of drug-likeness (QED) is 0.939. The SMILES string of the molecule is CCC1CN(C(=O)c2cc3c(OC)cccc3[nH]2)C1(C)C. The summed E-state index contributed by atoms with van der Waals surface area (Å²) in [6.07, 6.45) is 1.11. The largest absolute Gasteiger partial charge is 0.496 e. The number of nitrogens with one attached hydrogen (secondary N) is 1. The van der Waals surface area contributed by atoms with Crippen molar-refractivity contribution in [2.75, 3.05) is 13.7 Å². The minimum absolute atomic E-state index is 0.0623. The predicted molar refractivity (Wildman–Crippen MR) is 83.7 cm³/mol. The van der Waals surface area contributed by atoms with Crippen molar-refractivity contribution in [3.05, 3.63) is 30.0 Å². The van der Waals surface area contributed by atoms with E-state index < -0.39 is 0 Å². The van der Waals surface area contributed by atoms with E-state index in [4.69, 9.17) is 4.74 Å². The van der Waals surface area contributed by atoms with Crippen molar-refractivity contribution in [2.45, 2.75) is 32.7 Å². The van der Waals surface area contributed by atoms with E-state index >= 15 is 0 Å². The fourth-order valence-electron chi connectivity index (χ4n) is 3.33. The number of likely N-dealkylation sites (tertiary alicyclic amines) is 1. The molecule has 1 fully saturated rings. The zero-order chi connectivity index (χ0) is 15.2. The van der Waals surface area contributed by atoms with E-state index in [2.05, 4.69) is 25.8 Å². The standard InChI is InChI=1S/C17H22N2O2/c1-5-11-10-19(17(11,2)3)16(20)14-9-12-13(18-14)7-6-8-15(12)21-4/h6-9,11,18H,5,10H2,1-4H3. The first-order chi connectivity index (χ1) is 9.98. The number of amides is 1. The number of carbonyl (C=O) groups is 1. The van der Waals surface area contributed by atoms with Gasteiger partial charge in [0.1, 0.15) is 11.4 Å². The van der Waals surface area contributed by atoms with Crippen LogP contribution in [-0.2, 0) is 0 Å². The average molecular weight is 286 g/mol. The highest BCUT2D eigenvalue weighted by atomic mass is 16.5. The number of ether oxygens (including phenoxy) is 1. The van der Waals surface area contributed by atoms with Crippen LogP contribution in [0.4, 0.5) is 0 Å². The van der Waals surface area contributed by atoms with Crippen LogP contribution in [0.1, 0.15) is 37.7 Å². The lowest BCUT2D eigenvalue weighted by molar-refractivity contribution is -0.0356. The van der Waals surface area contributed by atoms with E-state index in [-0.39, 0.29) is 11.4 Å². The Bertz CT molecular complexity index is 687. The van der Waals surface area contributed by atoms with Gasteiger partial charge in [-0.3, -0.25) is 4.79 Å². The molecule has 112 valence electrons. The Morgan fingerprint density at radius 3 is 2.86 bits per heavy atom. The number of rotatable bonds is 3. The van der Waals surface area contributed by atoms with Gasteiger partial charge in [0.05, 0.1) is 7.11 Å². The maximum absolute atomic E-state index is 12.7. The van der Waals surface area contributed by atoms with Crippen LogP contribution in [0, 0.1) is 5.92 Å². The number of methoxy groups -OCH3 is 1. The summed E-state index contributed by atoms with van der Waals surface area (Å²) in [6.45, 7) is 7.31. The van der Waals surface area contributed by atoms with Gasteiger partial charge in [0.25, 0.3) is 5.91 Å². The maximum Gasteiger partial charge on any atom is 0.270 e. The molecule has 1 N–H and O–H groups in total. The molecule has 1 aromatic heterocycles. The summed E-state index contributed by atoms with van der Waals surface area (Å²) >= 11 is 0. The Hall–Kier alpha value is -1.97. The van der Waals surface area contributed by atoms with Gasteiger partial charge in [-0.25, -0.2) is 0 Å². The number of hydrogen-bond donors (Lipinski definition) is 1. The van der Waals surface area contributed by atoms with Gasteiger partial charge in [0.15, 0.2) is 0 Å². The molecule has 21 heavy (non-hydrogen) atoms. The second kappa shape index (κ2) is 4.79. The van der Waals surface area contributed by atoms with Crippen molar-refractivity contribution in [1.82, 2.24) is 9.88 Å². The Morgan fingerprint density at radius 2 is 2.24 bits per heavy atom. The van der Waals surface area contributed by atoms with Crippen molar-refractivity contribution in [2.24, 2.45) is 5.92 Å². The summed E-state index contributed by atoms with van der Waals surface area (Å²) < 4.78 is 5.35.